The molecule has 0 atom stereocenters. The second-order valence-electron chi connectivity index (χ2n) is 16.3. The van der Waals surface area contributed by atoms with E-state index < -0.39 is 62.1 Å². The van der Waals surface area contributed by atoms with Gasteiger partial charge in [-0.3, -0.25) is 4.79 Å². The maximum Gasteiger partial charge on any atom is 0.292 e. The minimum atomic E-state index is -3.63. The summed E-state index contributed by atoms with van der Waals surface area (Å²) >= 11 is 0. The van der Waals surface area contributed by atoms with Crippen molar-refractivity contribution in [1.29, 1.82) is 5.26 Å². The number of nitrogens with one attached hydrogen (secondary N) is 1. The molecule has 2 aliphatic heterocycles. The summed E-state index contributed by atoms with van der Waals surface area (Å²) in [5, 5.41) is 15.4. The first-order chi connectivity index (χ1) is 27.3. The van der Waals surface area contributed by atoms with Crippen molar-refractivity contribution in [3.63, 3.8) is 0 Å². The number of piperidine rings is 2. The average Bonchev–Trinajstić information content (AvgIpc) is 3.99. The summed E-state index contributed by atoms with van der Waals surface area (Å²) < 4.78 is 101. The molecule has 6 aliphatic rings. The molecule has 0 unspecified atom stereocenters. The number of hydrogen-bond donors (Lipinski definition) is 2. The lowest BCUT2D eigenvalue weighted by Crippen LogP contribution is -2.43. The Morgan fingerprint density at radius 3 is 1.43 bits per heavy atom. The molecule has 320 valence electrons. The minimum Gasteiger partial charge on any atom is -0.387 e. The molecule has 2 heterocycles. The molecule has 0 radical (unpaired) electrons. The number of rotatable bonds is 8. The van der Waals surface area contributed by atoms with E-state index in [1.165, 1.54) is 66.0 Å². The Balaban J connectivity index is 0.000000164. The monoisotopic (exact) mass is 881 g/mol. The van der Waals surface area contributed by atoms with Crippen LogP contribution in [0.3, 0.4) is 0 Å². The number of amides is 1. The van der Waals surface area contributed by atoms with Crippen molar-refractivity contribution in [2.45, 2.75) is 113 Å². The van der Waals surface area contributed by atoms with Gasteiger partial charge in [0.15, 0.2) is 9.84 Å². The van der Waals surface area contributed by atoms with Gasteiger partial charge in [0.1, 0.15) is 11.5 Å². The quantitative estimate of drug-likeness (QED) is 0.366. The van der Waals surface area contributed by atoms with Crippen molar-refractivity contribution in [3.05, 3.63) is 56.6 Å². The van der Waals surface area contributed by atoms with E-state index >= 15 is 0 Å². The van der Waals surface area contributed by atoms with Crippen LogP contribution < -0.4 is 15.2 Å². The van der Waals surface area contributed by atoms with Crippen LogP contribution in [-0.4, -0.2) is 103 Å². The van der Waals surface area contributed by atoms with Gasteiger partial charge in [0.25, 0.3) is 6.26 Å². The summed E-state index contributed by atoms with van der Waals surface area (Å²) in [7, 11) is -13.7. The number of benzene rings is 2. The predicted molar refractivity (Wildman–Crippen MR) is 222 cm³/mol. The van der Waals surface area contributed by atoms with Gasteiger partial charge in [-0.15, -0.1) is 5.26 Å². The number of sulfone groups is 1. The van der Waals surface area contributed by atoms with Crippen molar-refractivity contribution in [2.24, 2.45) is 5.14 Å². The van der Waals surface area contributed by atoms with E-state index in [1.54, 1.807) is 0 Å². The molecule has 0 saturated carbocycles. The third-order valence-corrected chi connectivity index (χ3v) is 18.5. The molecule has 15 nitrogen and oxygen atoms in total. The largest absolute Gasteiger partial charge is 0.387 e. The lowest BCUT2D eigenvalue weighted by molar-refractivity contribution is -0.113. The highest BCUT2D eigenvalue weighted by Crippen LogP contribution is 2.41. The Kier molecular flexibility index (Phi) is 13.7. The van der Waals surface area contributed by atoms with Crippen LogP contribution in [0.2, 0.25) is 0 Å². The number of nitrogens with zero attached hydrogens (tertiary/aromatic N) is 3. The van der Waals surface area contributed by atoms with E-state index in [4.69, 9.17) is 15.1 Å². The van der Waals surface area contributed by atoms with E-state index in [0.29, 0.717) is 0 Å². The van der Waals surface area contributed by atoms with E-state index in [1.807, 2.05) is 6.26 Å². The fourth-order valence-electron chi connectivity index (χ4n) is 9.39. The summed E-state index contributed by atoms with van der Waals surface area (Å²) in [6, 6.07) is 4.61. The van der Waals surface area contributed by atoms with E-state index in [-0.39, 0.29) is 51.9 Å². The zero-order chi connectivity index (χ0) is 42.0. The number of carbonyl (C=O) groups is 1. The number of ether oxygens (including phenoxy) is 1. The van der Waals surface area contributed by atoms with Crippen LogP contribution in [0.15, 0.2) is 12.1 Å². The summed E-state index contributed by atoms with van der Waals surface area (Å²) in [4.78, 5) is 12.7. The number of aryl methyl sites for hydroxylation is 4. The second-order valence-corrected chi connectivity index (χ2v) is 24.4. The van der Waals surface area contributed by atoms with Crippen molar-refractivity contribution >= 4 is 51.5 Å². The molecule has 2 aromatic carbocycles. The maximum absolute atomic E-state index is 12.8. The fourth-order valence-corrected chi connectivity index (χ4v) is 13.6. The molecule has 0 spiro atoms. The van der Waals surface area contributed by atoms with Gasteiger partial charge >= 0.3 is 0 Å². The van der Waals surface area contributed by atoms with Crippen LogP contribution in [0.4, 0.5) is 5.69 Å². The molecular formula is C39H55N5O10S4. The predicted octanol–water partition coefficient (Wildman–Crippen LogP) is 2.66. The Morgan fingerprint density at radius 1 is 0.672 bits per heavy atom. The van der Waals surface area contributed by atoms with Crippen molar-refractivity contribution in [3.8, 4) is 12.0 Å². The third-order valence-electron chi connectivity index (χ3n) is 12.3. The normalized spacial score (nSPS) is 20.0. The highest BCUT2D eigenvalue weighted by atomic mass is 32.2. The van der Waals surface area contributed by atoms with Crippen molar-refractivity contribution in [2.75, 3.05) is 49.8 Å². The summed E-state index contributed by atoms with van der Waals surface area (Å²) in [6.45, 7) is 0.841. The Hall–Kier alpha value is -3.12. The highest BCUT2D eigenvalue weighted by molar-refractivity contribution is 7.92. The molecule has 19 heteroatoms. The van der Waals surface area contributed by atoms with Gasteiger partial charge in [-0.05, 0) is 147 Å². The van der Waals surface area contributed by atoms with Crippen LogP contribution in [0.5, 0.6) is 5.75 Å². The zero-order valence-corrected chi connectivity index (χ0v) is 36.6. The molecule has 3 N–H and O–H groups in total. The molecule has 2 aromatic rings. The van der Waals surface area contributed by atoms with Gasteiger partial charge in [0.2, 0.25) is 36.0 Å². The second kappa shape index (κ2) is 17.8. The van der Waals surface area contributed by atoms with E-state index in [0.717, 1.165) is 88.2 Å². The number of hydrogen-bond acceptors (Lipinski definition) is 11. The molecule has 58 heavy (non-hydrogen) atoms. The smallest absolute Gasteiger partial charge is 0.292 e. The minimum absolute atomic E-state index is 0.185. The molecule has 4 aliphatic carbocycles. The first-order valence-corrected chi connectivity index (χ1v) is 27.1. The molecule has 0 bridgehead atoms. The number of carbonyl (C=O) groups excluding carboxylic acids is 1. The number of primary sulfonamides is 1. The SMILES string of the molecule is CS(=O)(=O)N1CCC(S(=O)(=O)CC(=O)Nc2c3c(cc4c2CCC4)CCC3)CC1.CS(=O)(=O)N1CCC(S(N)(=O)=O)CC1.N#COc1c2c(cc3c1CCC3)CCC2. The standard InChI is InChI=1S/C20H28N2O5S2.C13H13NO.C6H14N2O4S2/c1-28(24,25)22-10-8-16(9-11-22)29(26,27)13-19(23)21-20-17-6-2-4-14(17)12-15-5-3-7-18(15)20;14-8-15-13-11-5-1-3-9(11)7-10-4-2-6-12(10)13;1-13(9,10)8-4-2-6(3-5-8)14(7,11)12/h12,16H,2-11,13H2,1H3,(H,21,23);7H,1-6H2;6H,2-5H2,1H3,(H2,7,11,12). The lowest BCUT2D eigenvalue weighted by atomic mass is 9.98. The van der Waals surface area contributed by atoms with E-state index in [2.05, 4.69) is 17.4 Å². The first kappa shape index (κ1) is 44.4. The van der Waals surface area contributed by atoms with Crippen molar-refractivity contribution in [1.82, 2.24) is 8.61 Å². The number of sulfonamides is 3. The number of fused-ring (bicyclic) bond motifs is 4. The maximum atomic E-state index is 12.8. The van der Waals surface area contributed by atoms with Gasteiger partial charge in [0, 0.05) is 31.9 Å². The summed E-state index contributed by atoms with van der Waals surface area (Å²) in [6.07, 6.45) is 18.0. The topological polar surface area (TPSA) is 231 Å². The summed E-state index contributed by atoms with van der Waals surface area (Å²) in [5.74, 6) is -0.125. The molecule has 2 saturated heterocycles. The van der Waals surface area contributed by atoms with Crippen LogP contribution in [-0.2, 0) is 96.1 Å². The Labute approximate surface area is 343 Å². The lowest BCUT2D eigenvalue weighted by Gasteiger charge is -2.29. The third kappa shape index (κ3) is 10.4. The Morgan fingerprint density at radius 2 is 1.05 bits per heavy atom. The number of nitriles is 1. The molecular weight excluding hydrogens is 827 g/mol. The van der Waals surface area contributed by atoms with Gasteiger partial charge < -0.3 is 10.1 Å². The van der Waals surface area contributed by atoms with Crippen LogP contribution in [0.25, 0.3) is 0 Å². The first-order valence-electron chi connectivity index (χ1n) is 20.1. The van der Waals surface area contributed by atoms with Gasteiger partial charge in [-0.1, -0.05) is 12.1 Å². The van der Waals surface area contributed by atoms with Crippen LogP contribution in [0.1, 0.15) is 95.9 Å². The average molecular weight is 882 g/mol. The van der Waals surface area contributed by atoms with Gasteiger partial charge in [0.05, 0.1) is 23.0 Å². The van der Waals surface area contributed by atoms with Crippen LogP contribution >= 0.6 is 0 Å². The Bertz CT molecular complexity index is 2290. The molecule has 2 fully saturated rings. The van der Waals surface area contributed by atoms with Gasteiger partial charge in [-0.2, -0.15) is 0 Å². The van der Waals surface area contributed by atoms with Crippen molar-refractivity contribution < 1.29 is 43.2 Å². The summed E-state index contributed by atoms with van der Waals surface area (Å²) in [5.41, 5.74) is 11.2. The molecule has 0 aromatic heterocycles. The van der Waals surface area contributed by atoms with Crippen LogP contribution in [0, 0.1) is 11.5 Å². The fraction of sp³-hybridized carbons (Fsp3) is 0.641. The van der Waals surface area contributed by atoms with Gasteiger partial charge in [-0.25, -0.2) is 47.4 Å². The number of nitrogens with two attached hydrogens (primary N) is 1. The highest BCUT2D eigenvalue weighted by Gasteiger charge is 2.35. The number of anilines is 1. The zero-order valence-electron chi connectivity index (χ0n) is 33.3. The molecule has 1 amide bonds. The molecule has 8 rings (SSSR count). The van der Waals surface area contributed by atoms with E-state index in [9.17, 15) is 38.5 Å².